The predicted octanol–water partition coefficient (Wildman–Crippen LogP) is 3.53. The fourth-order valence-electron chi connectivity index (χ4n) is 4.63. The minimum atomic E-state index is -3.24. The van der Waals surface area contributed by atoms with Crippen LogP contribution < -0.4 is 10.5 Å². The Morgan fingerprint density at radius 3 is 2.81 bits per heavy atom. The molecule has 2 aliphatic rings. The van der Waals surface area contributed by atoms with Crippen LogP contribution in [-0.4, -0.2) is 55.4 Å². The van der Waals surface area contributed by atoms with E-state index in [2.05, 4.69) is 20.0 Å². The molecule has 10 heteroatoms. The maximum Gasteiger partial charge on any atom is 0.398 e. The summed E-state index contributed by atoms with van der Waals surface area (Å²) >= 11 is 0. The van der Waals surface area contributed by atoms with Crippen molar-refractivity contribution >= 4 is 22.5 Å². The van der Waals surface area contributed by atoms with Gasteiger partial charge in [-0.05, 0) is 51.3 Å². The topological polar surface area (TPSA) is 81.6 Å². The third-order valence-electron chi connectivity index (χ3n) is 6.26. The zero-order chi connectivity index (χ0) is 22.0. The highest BCUT2D eigenvalue weighted by atomic mass is 19.3. The minimum absolute atomic E-state index is 0.0445. The molecule has 4 heterocycles. The number of alkyl halides is 3. The number of nitrogens with two attached hydrogens (primary N) is 1. The number of likely N-dealkylation sites (tertiary alicyclic amines) is 1. The minimum Gasteiger partial charge on any atom is -0.430 e. The van der Waals surface area contributed by atoms with E-state index in [1.54, 1.807) is 19.1 Å². The summed E-state index contributed by atoms with van der Waals surface area (Å²) in [6.07, 6.45) is -1.51. The molecule has 2 aromatic heterocycles. The third kappa shape index (κ3) is 3.66. The summed E-state index contributed by atoms with van der Waals surface area (Å²) in [7, 11) is 0. The number of anilines is 1. The first-order valence-corrected chi connectivity index (χ1v) is 10.6. The standard InChI is InChI=1S/C21H25F3N6O/c1-12(29-9-3-7-20(2,22)11-29)10-15-26-18-14-5-4-13-6-8-21(23,24)31-17(13)16(14)27-19(25)30(18)28-15/h4-5,12H,3,6-11H2,1-2H3,(H2,25,27)/t12-,20?/m1/s1. The van der Waals surface area contributed by atoms with Crippen molar-refractivity contribution in [2.75, 3.05) is 18.8 Å². The summed E-state index contributed by atoms with van der Waals surface area (Å²) in [6, 6.07) is 3.60. The molecule has 3 aromatic rings. The summed E-state index contributed by atoms with van der Waals surface area (Å²) in [5.41, 5.74) is 6.28. The number of ether oxygens (including phenoxy) is 1. The molecule has 2 aliphatic heterocycles. The number of aromatic nitrogens is 4. The van der Waals surface area contributed by atoms with Crippen LogP contribution in [0.2, 0.25) is 0 Å². The molecule has 166 valence electrons. The molecule has 1 fully saturated rings. The van der Waals surface area contributed by atoms with Crippen molar-refractivity contribution in [1.29, 1.82) is 0 Å². The van der Waals surface area contributed by atoms with Crippen molar-refractivity contribution in [1.82, 2.24) is 24.5 Å². The zero-order valence-electron chi connectivity index (χ0n) is 17.5. The third-order valence-corrected chi connectivity index (χ3v) is 6.26. The molecule has 0 aliphatic carbocycles. The van der Waals surface area contributed by atoms with Gasteiger partial charge in [-0.1, -0.05) is 6.07 Å². The molecule has 0 amide bonds. The number of hydrogen-bond donors (Lipinski definition) is 1. The van der Waals surface area contributed by atoms with Crippen LogP contribution in [-0.2, 0) is 12.8 Å². The van der Waals surface area contributed by atoms with E-state index in [4.69, 9.17) is 10.5 Å². The monoisotopic (exact) mass is 434 g/mol. The number of halogens is 3. The lowest BCUT2D eigenvalue weighted by atomic mass is 9.95. The molecule has 0 spiro atoms. The van der Waals surface area contributed by atoms with Gasteiger partial charge in [-0.25, -0.2) is 14.4 Å². The zero-order valence-corrected chi connectivity index (χ0v) is 17.5. The van der Waals surface area contributed by atoms with Gasteiger partial charge in [0.05, 0.1) is 6.42 Å². The van der Waals surface area contributed by atoms with Gasteiger partial charge in [-0.2, -0.15) is 13.3 Å². The van der Waals surface area contributed by atoms with Crippen molar-refractivity contribution in [3.05, 3.63) is 23.5 Å². The molecule has 0 radical (unpaired) electrons. The smallest absolute Gasteiger partial charge is 0.398 e. The first-order chi connectivity index (χ1) is 14.6. The molecule has 1 aromatic carbocycles. The Labute approximate surface area is 177 Å². The number of nitrogen functional groups attached to an aromatic ring is 1. The molecule has 2 atom stereocenters. The van der Waals surface area contributed by atoms with Gasteiger partial charge in [-0.15, -0.1) is 5.10 Å². The van der Waals surface area contributed by atoms with E-state index in [9.17, 15) is 13.2 Å². The SMILES string of the molecule is C[C@H](Cc1nc2c3ccc4c(c3nc(N)n2n1)OC(F)(F)CC4)N1CCCC(C)(F)C1. The lowest BCUT2D eigenvalue weighted by Gasteiger charge is -2.38. The normalized spacial score (nSPS) is 24.8. The first-order valence-electron chi connectivity index (χ1n) is 10.6. The van der Waals surface area contributed by atoms with Crippen LogP contribution in [0.5, 0.6) is 5.75 Å². The lowest BCUT2D eigenvalue weighted by Crippen LogP contribution is -2.48. The average Bonchev–Trinajstić information content (AvgIpc) is 3.11. The van der Waals surface area contributed by atoms with Crippen LogP contribution in [0.1, 0.15) is 44.5 Å². The molecular formula is C21H25F3N6O. The number of benzene rings is 1. The number of aryl methyl sites for hydroxylation is 1. The molecule has 0 bridgehead atoms. The van der Waals surface area contributed by atoms with Gasteiger partial charge in [0.2, 0.25) is 5.95 Å². The maximum absolute atomic E-state index is 14.4. The van der Waals surface area contributed by atoms with E-state index in [1.165, 1.54) is 4.52 Å². The van der Waals surface area contributed by atoms with Gasteiger partial charge >= 0.3 is 6.11 Å². The Kier molecular flexibility index (Phi) is 4.55. The predicted molar refractivity (Wildman–Crippen MR) is 110 cm³/mol. The van der Waals surface area contributed by atoms with Crippen molar-refractivity contribution in [2.45, 2.75) is 63.8 Å². The van der Waals surface area contributed by atoms with E-state index < -0.39 is 11.8 Å². The van der Waals surface area contributed by atoms with Crippen LogP contribution in [0.4, 0.5) is 19.1 Å². The Bertz CT molecular complexity index is 1160. The summed E-state index contributed by atoms with van der Waals surface area (Å²) in [5, 5.41) is 5.03. The Morgan fingerprint density at radius 2 is 2.03 bits per heavy atom. The quantitative estimate of drug-likeness (QED) is 0.679. The van der Waals surface area contributed by atoms with Crippen molar-refractivity contribution < 1.29 is 17.9 Å². The van der Waals surface area contributed by atoms with Crippen LogP contribution >= 0.6 is 0 Å². The van der Waals surface area contributed by atoms with Gasteiger partial charge in [0.25, 0.3) is 0 Å². The van der Waals surface area contributed by atoms with Crippen LogP contribution in [0.15, 0.2) is 12.1 Å². The molecule has 1 unspecified atom stereocenters. The first kappa shape index (κ1) is 20.3. The summed E-state index contributed by atoms with van der Waals surface area (Å²) in [6.45, 7) is 4.88. The number of rotatable bonds is 3. The van der Waals surface area contributed by atoms with E-state index in [0.717, 1.165) is 13.0 Å². The highest BCUT2D eigenvalue weighted by molar-refractivity contribution is 5.96. The number of nitrogens with zero attached hydrogens (tertiary/aromatic N) is 5. The Hall–Kier alpha value is -2.62. The second kappa shape index (κ2) is 6.94. The van der Waals surface area contributed by atoms with Crippen LogP contribution in [0.25, 0.3) is 16.6 Å². The van der Waals surface area contributed by atoms with E-state index in [-0.39, 0.29) is 36.1 Å². The number of fused-ring (bicyclic) bond motifs is 5. The summed E-state index contributed by atoms with van der Waals surface area (Å²) in [5.74, 6) is 0.647. The molecular weight excluding hydrogens is 409 g/mol. The fourth-order valence-corrected chi connectivity index (χ4v) is 4.63. The van der Waals surface area contributed by atoms with Crippen LogP contribution in [0, 0.1) is 0 Å². The highest BCUT2D eigenvalue weighted by Crippen LogP contribution is 2.40. The Balaban J connectivity index is 1.51. The molecule has 5 rings (SSSR count). The van der Waals surface area contributed by atoms with E-state index in [1.807, 2.05) is 6.92 Å². The van der Waals surface area contributed by atoms with Crippen molar-refractivity contribution in [3.63, 3.8) is 0 Å². The molecule has 7 nitrogen and oxygen atoms in total. The maximum atomic E-state index is 14.4. The van der Waals surface area contributed by atoms with E-state index in [0.29, 0.717) is 41.8 Å². The van der Waals surface area contributed by atoms with Crippen molar-refractivity contribution in [2.24, 2.45) is 0 Å². The second-order valence-corrected chi connectivity index (χ2v) is 8.96. The summed E-state index contributed by atoms with van der Waals surface area (Å²) in [4.78, 5) is 11.0. The van der Waals surface area contributed by atoms with Crippen LogP contribution in [0.3, 0.4) is 0 Å². The van der Waals surface area contributed by atoms with E-state index >= 15 is 0 Å². The highest BCUT2D eigenvalue weighted by Gasteiger charge is 2.38. The summed E-state index contributed by atoms with van der Waals surface area (Å²) < 4.78 is 48.5. The molecule has 2 N–H and O–H groups in total. The second-order valence-electron chi connectivity index (χ2n) is 8.96. The Morgan fingerprint density at radius 1 is 1.23 bits per heavy atom. The van der Waals surface area contributed by atoms with Gasteiger partial charge in [0.1, 0.15) is 11.2 Å². The van der Waals surface area contributed by atoms with Gasteiger partial charge in [0, 0.05) is 24.4 Å². The fraction of sp³-hybridized carbons (Fsp3) is 0.571. The average molecular weight is 434 g/mol. The number of hydrogen-bond acceptors (Lipinski definition) is 6. The van der Waals surface area contributed by atoms with Gasteiger partial charge in [-0.3, -0.25) is 4.90 Å². The lowest BCUT2D eigenvalue weighted by molar-refractivity contribution is -0.186. The number of piperidine rings is 1. The molecule has 31 heavy (non-hydrogen) atoms. The van der Waals surface area contributed by atoms with Crippen molar-refractivity contribution in [3.8, 4) is 5.75 Å². The van der Waals surface area contributed by atoms with Gasteiger partial charge < -0.3 is 10.5 Å². The van der Waals surface area contributed by atoms with Gasteiger partial charge in [0.15, 0.2) is 17.2 Å². The molecule has 1 saturated heterocycles. The largest absolute Gasteiger partial charge is 0.430 e. The molecule has 0 saturated carbocycles.